The van der Waals surface area contributed by atoms with E-state index in [4.69, 9.17) is 20.1 Å². The fourth-order valence-electron chi connectivity index (χ4n) is 0.990. The number of thioether (sulfide) groups is 1. The van der Waals surface area contributed by atoms with Crippen molar-refractivity contribution in [2.75, 3.05) is 25.2 Å². The predicted octanol–water partition coefficient (Wildman–Crippen LogP) is 2.12. The van der Waals surface area contributed by atoms with Crippen LogP contribution in [0.2, 0.25) is 0 Å². The number of carbonyl (C=O) groups excluding carboxylic acids is 1. The summed E-state index contributed by atoms with van der Waals surface area (Å²) in [4.78, 5) is 32.6. The van der Waals surface area contributed by atoms with Gasteiger partial charge in [0.2, 0.25) is 0 Å². The number of aliphatic carboxylic acids is 2. The van der Waals surface area contributed by atoms with Gasteiger partial charge in [-0.3, -0.25) is 14.4 Å². The molecule has 0 bridgehead atoms. The first-order valence-electron chi connectivity index (χ1n) is 7.38. The van der Waals surface area contributed by atoms with Crippen molar-refractivity contribution in [2.45, 2.75) is 41.5 Å². The molecule has 0 aromatic rings. The molecule has 0 unspecified atom stereocenters. The molecule has 0 amide bonds. The zero-order chi connectivity index (χ0) is 19.8. The maximum Gasteiger partial charge on any atom is 0.312 e. The molecule has 142 valence electrons. The Morgan fingerprint density at radius 1 is 0.875 bits per heavy atom. The van der Waals surface area contributed by atoms with Gasteiger partial charge < -0.3 is 20.1 Å². The summed E-state index contributed by atoms with van der Waals surface area (Å²) in [6.07, 6.45) is 1.91. The van der Waals surface area contributed by atoms with Crippen LogP contribution in [-0.4, -0.2) is 58.4 Å². The molecule has 0 saturated heterocycles. The number of aliphatic hydroxyl groups is 1. The standard InChI is InChI=1S/C11H20O4S.C5H10O3/c1-10(2,8(12)13)6-15-9(14)11(3,4)7-16-5;1-5(2,3-6)4(7)8/h6-7H2,1-5H3,(H,12,13);6H,3H2,1-2H3,(H,7,8). The monoisotopic (exact) mass is 366 g/mol. The lowest BCUT2D eigenvalue weighted by atomic mass is 9.94. The van der Waals surface area contributed by atoms with Gasteiger partial charge in [0.25, 0.3) is 0 Å². The molecule has 3 N–H and O–H groups in total. The van der Waals surface area contributed by atoms with Crippen LogP contribution in [-0.2, 0) is 19.1 Å². The van der Waals surface area contributed by atoms with Gasteiger partial charge >= 0.3 is 17.9 Å². The van der Waals surface area contributed by atoms with Crippen molar-refractivity contribution < 1.29 is 34.4 Å². The summed E-state index contributed by atoms with van der Waals surface area (Å²) < 4.78 is 5.05. The maximum atomic E-state index is 11.7. The highest BCUT2D eigenvalue weighted by Crippen LogP contribution is 2.24. The molecule has 0 aromatic carbocycles. The van der Waals surface area contributed by atoms with E-state index in [0.29, 0.717) is 5.75 Å². The molecular formula is C16H30O7S. The molecule has 0 radical (unpaired) electrons. The summed E-state index contributed by atoms with van der Waals surface area (Å²) in [6.45, 7) is 9.17. The van der Waals surface area contributed by atoms with Gasteiger partial charge in [0, 0.05) is 5.75 Å². The van der Waals surface area contributed by atoms with Gasteiger partial charge in [0.05, 0.1) is 22.9 Å². The van der Waals surface area contributed by atoms with Crippen LogP contribution in [0.25, 0.3) is 0 Å². The molecule has 0 atom stereocenters. The van der Waals surface area contributed by atoms with E-state index in [2.05, 4.69) is 0 Å². The fourth-order valence-corrected chi connectivity index (χ4v) is 1.83. The van der Waals surface area contributed by atoms with Crippen LogP contribution in [0.1, 0.15) is 41.5 Å². The van der Waals surface area contributed by atoms with E-state index in [1.54, 1.807) is 25.6 Å². The van der Waals surface area contributed by atoms with Crippen molar-refractivity contribution in [1.29, 1.82) is 0 Å². The lowest BCUT2D eigenvalue weighted by molar-refractivity contribution is -0.162. The van der Waals surface area contributed by atoms with Gasteiger partial charge in [-0.2, -0.15) is 11.8 Å². The Kier molecular flexibility index (Phi) is 10.3. The summed E-state index contributed by atoms with van der Waals surface area (Å²) >= 11 is 1.56. The Bertz CT molecular complexity index is 442. The van der Waals surface area contributed by atoms with E-state index >= 15 is 0 Å². The minimum Gasteiger partial charge on any atom is -0.481 e. The molecule has 0 rings (SSSR count). The SMILES string of the molecule is CC(C)(CO)C(=O)O.CSCC(C)(C)C(=O)OCC(C)(C)C(=O)O. The van der Waals surface area contributed by atoms with Crippen molar-refractivity contribution in [3.8, 4) is 0 Å². The van der Waals surface area contributed by atoms with E-state index in [9.17, 15) is 14.4 Å². The zero-order valence-electron chi connectivity index (χ0n) is 15.5. The average Bonchev–Trinajstić information content (AvgIpc) is 2.45. The summed E-state index contributed by atoms with van der Waals surface area (Å²) in [6, 6.07) is 0. The normalized spacial score (nSPS) is 12.0. The van der Waals surface area contributed by atoms with Gasteiger partial charge in [-0.05, 0) is 47.8 Å². The van der Waals surface area contributed by atoms with Crippen LogP contribution in [0, 0.1) is 16.2 Å². The zero-order valence-corrected chi connectivity index (χ0v) is 16.3. The highest BCUT2D eigenvalue weighted by atomic mass is 32.2. The summed E-state index contributed by atoms with van der Waals surface area (Å²) in [5, 5.41) is 25.5. The number of esters is 1. The van der Waals surface area contributed by atoms with Crippen LogP contribution in [0.3, 0.4) is 0 Å². The quantitative estimate of drug-likeness (QED) is 0.559. The molecule has 0 fully saturated rings. The molecule has 0 heterocycles. The molecule has 24 heavy (non-hydrogen) atoms. The van der Waals surface area contributed by atoms with E-state index in [1.807, 2.05) is 6.26 Å². The molecule has 0 aliphatic rings. The number of carboxylic acid groups (broad SMARTS) is 2. The summed E-state index contributed by atoms with van der Waals surface area (Å²) in [7, 11) is 0. The van der Waals surface area contributed by atoms with Crippen molar-refractivity contribution in [3.05, 3.63) is 0 Å². The Morgan fingerprint density at radius 3 is 1.54 bits per heavy atom. The Labute approximate surface area is 147 Å². The van der Waals surface area contributed by atoms with Crippen molar-refractivity contribution in [1.82, 2.24) is 0 Å². The molecule has 0 aromatic heterocycles. The second kappa shape index (κ2) is 9.88. The molecule has 0 spiro atoms. The number of hydrogen-bond acceptors (Lipinski definition) is 6. The van der Waals surface area contributed by atoms with Gasteiger partial charge in [0.15, 0.2) is 0 Å². The average molecular weight is 366 g/mol. The third kappa shape index (κ3) is 9.12. The molecule has 0 aliphatic heterocycles. The number of rotatable bonds is 8. The van der Waals surface area contributed by atoms with Crippen LogP contribution in [0.15, 0.2) is 0 Å². The van der Waals surface area contributed by atoms with Crippen LogP contribution < -0.4 is 0 Å². The highest BCUT2D eigenvalue weighted by Gasteiger charge is 2.33. The Hall–Kier alpha value is -1.28. The van der Waals surface area contributed by atoms with Gasteiger partial charge in [-0.1, -0.05) is 0 Å². The molecule has 0 aliphatic carbocycles. The van der Waals surface area contributed by atoms with E-state index in [1.165, 1.54) is 27.7 Å². The molecule has 7 nitrogen and oxygen atoms in total. The Morgan fingerprint density at radius 2 is 1.29 bits per heavy atom. The minimum absolute atomic E-state index is 0.0982. The number of carbonyl (C=O) groups is 3. The smallest absolute Gasteiger partial charge is 0.312 e. The van der Waals surface area contributed by atoms with Crippen LogP contribution in [0.4, 0.5) is 0 Å². The lowest BCUT2D eigenvalue weighted by Gasteiger charge is -2.25. The second-order valence-corrected chi connectivity index (χ2v) is 8.30. The topological polar surface area (TPSA) is 121 Å². The van der Waals surface area contributed by atoms with Crippen molar-refractivity contribution in [2.24, 2.45) is 16.2 Å². The maximum absolute atomic E-state index is 11.7. The second-order valence-electron chi connectivity index (χ2n) is 7.43. The minimum atomic E-state index is -1.04. The number of hydrogen-bond donors (Lipinski definition) is 3. The van der Waals surface area contributed by atoms with Crippen LogP contribution >= 0.6 is 11.8 Å². The van der Waals surface area contributed by atoms with E-state index < -0.39 is 28.2 Å². The third-order valence-corrected chi connectivity index (χ3v) is 4.19. The number of ether oxygens (including phenoxy) is 1. The van der Waals surface area contributed by atoms with Crippen LogP contribution in [0.5, 0.6) is 0 Å². The van der Waals surface area contributed by atoms with Gasteiger partial charge in [-0.25, -0.2) is 0 Å². The molecule has 8 heteroatoms. The Balaban J connectivity index is 0. The summed E-state index contributed by atoms with van der Waals surface area (Å²) in [5.41, 5.74) is -2.60. The fraction of sp³-hybridized carbons (Fsp3) is 0.812. The van der Waals surface area contributed by atoms with Gasteiger partial charge in [-0.15, -0.1) is 0 Å². The first-order chi connectivity index (χ1) is 10.6. The molecular weight excluding hydrogens is 336 g/mol. The predicted molar refractivity (Wildman–Crippen MR) is 93.0 cm³/mol. The third-order valence-electron chi connectivity index (χ3n) is 3.18. The van der Waals surface area contributed by atoms with Crippen molar-refractivity contribution >= 4 is 29.7 Å². The lowest BCUT2D eigenvalue weighted by Crippen LogP contribution is -2.35. The molecule has 0 saturated carbocycles. The first kappa shape index (κ1) is 25.0. The first-order valence-corrected chi connectivity index (χ1v) is 8.77. The summed E-state index contributed by atoms with van der Waals surface area (Å²) in [5.74, 6) is -1.64. The van der Waals surface area contributed by atoms with E-state index in [0.717, 1.165) is 0 Å². The largest absolute Gasteiger partial charge is 0.481 e. The van der Waals surface area contributed by atoms with Gasteiger partial charge in [0.1, 0.15) is 6.61 Å². The van der Waals surface area contributed by atoms with Crippen molar-refractivity contribution in [3.63, 3.8) is 0 Å². The number of aliphatic hydroxyl groups excluding tert-OH is 1. The number of carboxylic acids is 2. The van der Waals surface area contributed by atoms with E-state index in [-0.39, 0.29) is 19.2 Å². The highest BCUT2D eigenvalue weighted by molar-refractivity contribution is 7.98.